The first-order valence-electron chi connectivity index (χ1n) is 10.1. The van der Waals surface area contributed by atoms with Crippen LogP contribution in [-0.4, -0.2) is 37.2 Å². The Labute approximate surface area is 169 Å². The Balaban J connectivity index is 2.31. The van der Waals surface area contributed by atoms with Crippen LogP contribution >= 0.6 is 0 Å². The predicted molar refractivity (Wildman–Crippen MR) is 116 cm³/mol. The Morgan fingerprint density at radius 3 is 2.75 bits per heavy atom. The number of aliphatic imine (C=N–C) groups is 1. The van der Waals surface area contributed by atoms with Crippen LogP contribution in [0, 0.1) is 0 Å². The molecule has 1 atom stereocenters. The first-order valence-corrected chi connectivity index (χ1v) is 10.1. The van der Waals surface area contributed by atoms with Crippen LogP contribution in [0.1, 0.15) is 55.3 Å². The van der Waals surface area contributed by atoms with Gasteiger partial charge in [0.15, 0.2) is 0 Å². The number of carbonyl (C=O) groups is 1. The highest BCUT2D eigenvalue weighted by Gasteiger charge is 2.31. The van der Waals surface area contributed by atoms with E-state index in [9.17, 15) is 4.79 Å². The van der Waals surface area contributed by atoms with E-state index >= 15 is 0 Å². The minimum Gasteiger partial charge on any atom is -0.453 e. The topological polar surface area (TPSA) is 53.9 Å². The summed E-state index contributed by atoms with van der Waals surface area (Å²) in [5.74, 6) is 0.604. The van der Waals surface area contributed by atoms with Crippen LogP contribution in [-0.2, 0) is 17.6 Å². The van der Waals surface area contributed by atoms with Crippen LogP contribution in [0.4, 0.5) is 4.79 Å². The zero-order valence-electron chi connectivity index (χ0n) is 17.2. The Bertz CT molecular complexity index is 712. The number of unbranched alkanes of at least 4 members (excludes halogenated alkanes) is 3. The van der Waals surface area contributed by atoms with Gasteiger partial charge in [-0.3, -0.25) is 10.3 Å². The molecule has 0 radical (unpaired) electrons. The van der Waals surface area contributed by atoms with Crippen molar-refractivity contribution in [3.8, 4) is 0 Å². The Morgan fingerprint density at radius 2 is 2.07 bits per heavy atom. The smallest absolute Gasteiger partial charge is 0.413 e. The largest absolute Gasteiger partial charge is 0.453 e. The standard InChI is InChI=1S/C23H33N3O2/c1-5-8-9-10-16-26-21(17-24-22(26)25-23(27)28-4)20-15-11-14-18(12-6-2)19(20)13-7-3/h6-7,11,14-15,21H,2-3,5,8-10,12-13,16-17H2,1,4H3,(H,24,25,27). The fraction of sp³-hybridized carbons (Fsp3) is 0.478. The average molecular weight is 384 g/mol. The van der Waals surface area contributed by atoms with Crippen molar-refractivity contribution in [3.05, 3.63) is 60.2 Å². The van der Waals surface area contributed by atoms with E-state index in [2.05, 4.69) is 53.5 Å². The molecule has 2 rings (SSSR count). The Kier molecular flexibility index (Phi) is 8.79. The minimum atomic E-state index is -0.482. The summed E-state index contributed by atoms with van der Waals surface area (Å²) in [7, 11) is 1.37. The summed E-state index contributed by atoms with van der Waals surface area (Å²) in [5.41, 5.74) is 3.81. The molecule has 1 aliphatic heterocycles. The van der Waals surface area contributed by atoms with Gasteiger partial charge in [0.1, 0.15) is 0 Å². The molecule has 0 aliphatic carbocycles. The zero-order chi connectivity index (χ0) is 20.4. The van der Waals surface area contributed by atoms with E-state index in [1.54, 1.807) is 0 Å². The molecule has 0 saturated carbocycles. The number of benzene rings is 1. The molecule has 152 valence electrons. The summed E-state index contributed by atoms with van der Waals surface area (Å²) in [6.45, 7) is 11.5. The van der Waals surface area contributed by atoms with Crippen LogP contribution in [0.25, 0.3) is 0 Å². The van der Waals surface area contributed by atoms with Gasteiger partial charge in [0, 0.05) is 6.54 Å². The summed E-state index contributed by atoms with van der Waals surface area (Å²) in [6.07, 6.45) is 9.67. The number of amides is 1. The van der Waals surface area contributed by atoms with Crippen molar-refractivity contribution in [1.82, 2.24) is 10.2 Å². The number of methoxy groups -OCH3 is 1. The van der Waals surface area contributed by atoms with Gasteiger partial charge in [-0.2, -0.15) is 0 Å². The predicted octanol–water partition coefficient (Wildman–Crippen LogP) is 4.79. The van der Waals surface area contributed by atoms with Gasteiger partial charge < -0.3 is 9.64 Å². The molecule has 1 aliphatic rings. The molecule has 1 heterocycles. The normalized spacial score (nSPS) is 15.9. The van der Waals surface area contributed by atoms with E-state index < -0.39 is 6.09 Å². The maximum atomic E-state index is 11.8. The van der Waals surface area contributed by atoms with Gasteiger partial charge in [0.2, 0.25) is 5.96 Å². The fourth-order valence-corrected chi connectivity index (χ4v) is 3.71. The third kappa shape index (κ3) is 5.47. The lowest BCUT2D eigenvalue weighted by atomic mass is 9.91. The van der Waals surface area contributed by atoms with Crippen LogP contribution in [0.2, 0.25) is 0 Å². The summed E-state index contributed by atoms with van der Waals surface area (Å²) in [5, 5.41) is 2.79. The quantitative estimate of drug-likeness (QED) is 0.467. The molecule has 0 spiro atoms. The van der Waals surface area contributed by atoms with E-state index in [-0.39, 0.29) is 6.04 Å². The van der Waals surface area contributed by atoms with E-state index in [4.69, 9.17) is 4.74 Å². The highest BCUT2D eigenvalue weighted by atomic mass is 16.5. The molecule has 1 aromatic carbocycles. The summed E-state index contributed by atoms with van der Waals surface area (Å²) < 4.78 is 4.78. The second-order valence-corrected chi connectivity index (χ2v) is 7.02. The van der Waals surface area contributed by atoms with Gasteiger partial charge in [-0.25, -0.2) is 4.79 Å². The molecule has 0 saturated heterocycles. The molecule has 5 heteroatoms. The van der Waals surface area contributed by atoms with Crippen molar-refractivity contribution in [2.24, 2.45) is 4.99 Å². The molecule has 1 unspecified atom stereocenters. The second kappa shape index (κ2) is 11.3. The fourth-order valence-electron chi connectivity index (χ4n) is 3.71. The van der Waals surface area contributed by atoms with E-state index in [0.29, 0.717) is 12.5 Å². The van der Waals surface area contributed by atoms with Gasteiger partial charge in [-0.05, 0) is 36.0 Å². The van der Waals surface area contributed by atoms with Gasteiger partial charge in [-0.1, -0.05) is 56.5 Å². The number of hydrogen-bond acceptors (Lipinski definition) is 4. The Morgan fingerprint density at radius 1 is 1.29 bits per heavy atom. The number of nitrogens with one attached hydrogen (secondary N) is 1. The summed E-state index contributed by atoms with van der Waals surface area (Å²) in [4.78, 5) is 18.6. The molecular weight excluding hydrogens is 350 g/mol. The number of carbonyl (C=O) groups excluding carboxylic acids is 1. The van der Waals surface area contributed by atoms with Gasteiger partial charge >= 0.3 is 6.09 Å². The third-order valence-electron chi connectivity index (χ3n) is 5.10. The van der Waals surface area contributed by atoms with Crippen molar-refractivity contribution in [1.29, 1.82) is 0 Å². The minimum absolute atomic E-state index is 0.105. The first kappa shape index (κ1) is 21.7. The molecule has 1 N–H and O–H groups in total. The molecule has 5 nitrogen and oxygen atoms in total. The number of ether oxygens (including phenoxy) is 1. The van der Waals surface area contributed by atoms with Crippen molar-refractivity contribution in [3.63, 3.8) is 0 Å². The van der Waals surface area contributed by atoms with Crippen LogP contribution in [0.15, 0.2) is 48.5 Å². The van der Waals surface area contributed by atoms with E-state index in [1.807, 2.05) is 12.2 Å². The number of hydrogen-bond donors (Lipinski definition) is 1. The highest BCUT2D eigenvalue weighted by Crippen LogP contribution is 2.31. The van der Waals surface area contributed by atoms with Crippen molar-refractivity contribution < 1.29 is 9.53 Å². The van der Waals surface area contributed by atoms with Gasteiger partial charge in [0.25, 0.3) is 0 Å². The molecule has 28 heavy (non-hydrogen) atoms. The Hall–Kier alpha value is -2.56. The number of nitrogens with zero attached hydrogens (tertiary/aromatic N) is 2. The van der Waals surface area contributed by atoms with Crippen molar-refractivity contribution in [2.45, 2.75) is 51.5 Å². The number of allylic oxidation sites excluding steroid dienone is 2. The summed E-state index contributed by atoms with van der Waals surface area (Å²) >= 11 is 0. The average Bonchev–Trinajstić information content (AvgIpc) is 3.09. The van der Waals surface area contributed by atoms with Crippen LogP contribution < -0.4 is 5.32 Å². The maximum Gasteiger partial charge on any atom is 0.413 e. The number of guanidine groups is 1. The molecule has 0 bridgehead atoms. The van der Waals surface area contributed by atoms with Gasteiger partial charge in [0.05, 0.1) is 19.7 Å². The third-order valence-corrected chi connectivity index (χ3v) is 5.10. The number of rotatable bonds is 10. The highest BCUT2D eigenvalue weighted by molar-refractivity contribution is 5.95. The van der Waals surface area contributed by atoms with Crippen LogP contribution in [0.5, 0.6) is 0 Å². The zero-order valence-corrected chi connectivity index (χ0v) is 17.2. The molecule has 0 aromatic heterocycles. The van der Waals surface area contributed by atoms with Crippen molar-refractivity contribution in [2.75, 3.05) is 20.2 Å². The SMILES string of the molecule is C=CCc1cccc(C2CN=C(NC(=O)OC)N2CCCCCC)c1CC=C. The lowest BCUT2D eigenvalue weighted by Gasteiger charge is -2.30. The summed E-state index contributed by atoms with van der Waals surface area (Å²) in [6, 6.07) is 6.53. The lowest BCUT2D eigenvalue weighted by molar-refractivity contribution is 0.175. The maximum absolute atomic E-state index is 11.8. The van der Waals surface area contributed by atoms with Crippen molar-refractivity contribution >= 4 is 12.1 Å². The lowest BCUT2D eigenvalue weighted by Crippen LogP contribution is -2.43. The van der Waals surface area contributed by atoms with Gasteiger partial charge in [-0.15, -0.1) is 13.2 Å². The first-order chi connectivity index (χ1) is 13.7. The molecule has 0 fully saturated rings. The van der Waals surface area contributed by atoms with E-state index in [0.717, 1.165) is 25.8 Å². The molecule has 1 aromatic rings. The molecular formula is C23H33N3O2. The second-order valence-electron chi connectivity index (χ2n) is 7.02. The number of alkyl carbamates (subject to hydrolysis) is 1. The monoisotopic (exact) mass is 383 g/mol. The molecule has 1 amide bonds. The van der Waals surface area contributed by atoms with E-state index in [1.165, 1.54) is 43.1 Å². The van der Waals surface area contributed by atoms with Crippen LogP contribution in [0.3, 0.4) is 0 Å².